The van der Waals surface area contributed by atoms with Crippen LogP contribution >= 0.6 is 0 Å². The van der Waals surface area contributed by atoms with Crippen molar-refractivity contribution in [2.45, 2.75) is 38.6 Å². The number of ether oxygens (including phenoxy) is 1. The van der Waals surface area contributed by atoms with E-state index in [1.165, 1.54) is 6.08 Å². The lowest BCUT2D eigenvalue weighted by atomic mass is 9.95. The van der Waals surface area contributed by atoms with Crippen LogP contribution in [0.25, 0.3) is 6.08 Å². The van der Waals surface area contributed by atoms with Crippen LogP contribution in [0.4, 0.5) is 0 Å². The molecular weight excluding hydrogens is 440 g/mol. The summed E-state index contributed by atoms with van der Waals surface area (Å²) in [7, 11) is 3.95. The van der Waals surface area contributed by atoms with Crippen LogP contribution in [0.5, 0.6) is 5.75 Å². The number of unbranched alkanes of at least 4 members (excludes halogenated alkanes) is 2. The maximum absolute atomic E-state index is 13.2. The molecule has 0 fully saturated rings. The van der Waals surface area contributed by atoms with Crippen LogP contribution in [0.15, 0.2) is 72.0 Å². The Bertz CT molecular complexity index is 1040. The third kappa shape index (κ3) is 7.06. The third-order valence-electron chi connectivity index (χ3n) is 6.01. The molecule has 0 radical (unpaired) electrons. The monoisotopic (exact) mass is 476 g/mol. The fraction of sp³-hybridized carbons (Fsp3) is 0.379. The van der Waals surface area contributed by atoms with E-state index in [4.69, 9.17) is 4.74 Å². The molecule has 0 aliphatic carbocycles. The van der Waals surface area contributed by atoms with Crippen molar-refractivity contribution in [1.29, 1.82) is 0 Å². The van der Waals surface area contributed by atoms with Crippen LogP contribution in [0, 0.1) is 0 Å². The van der Waals surface area contributed by atoms with Crippen LogP contribution < -0.4 is 4.74 Å². The predicted molar refractivity (Wildman–Crippen MR) is 139 cm³/mol. The fourth-order valence-electron chi connectivity index (χ4n) is 4.15. The Morgan fingerprint density at radius 3 is 2.43 bits per heavy atom. The highest BCUT2D eigenvalue weighted by molar-refractivity contribution is 6.14. The van der Waals surface area contributed by atoms with Gasteiger partial charge in [-0.25, -0.2) is 0 Å². The molecule has 3 rings (SSSR count). The summed E-state index contributed by atoms with van der Waals surface area (Å²) in [6.07, 6.45) is 7.10. The van der Waals surface area contributed by atoms with E-state index in [2.05, 4.69) is 6.92 Å². The standard InChI is InChI=1S/C29H36N2O4/c1-4-5-9-21-35-24-16-14-23(15-17-24)27-26(25(32)18-13-22-11-7-6-8-12-22)28(33)29(34)31(27)20-10-19-30(2)3/h6-8,11-18,27,33H,4-5,9-10,19-21H2,1-3H3/b18-13+. The van der Waals surface area contributed by atoms with Gasteiger partial charge in [0.15, 0.2) is 11.5 Å². The minimum Gasteiger partial charge on any atom is -0.503 e. The molecule has 1 aliphatic rings. The predicted octanol–water partition coefficient (Wildman–Crippen LogP) is 5.19. The second kappa shape index (κ2) is 12.9. The quantitative estimate of drug-likeness (QED) is 0.318. The number of hydrogen-bond acceptors (Lipinski definition) is 5. The summed E-state index contributed by atoms with van der Waals surface area (Å²) < 4.78 is 5.82. The smallest absolute Gasteiger partial charge is 0.290 e. The van der Waals surface area contributed by atoms with Gasteiger partial charge in [0, 0.05) is 6.54 Å². The summed E-state index contributed by atoms with van der Waals surface area (Å²) in [4.78, 5) is 29.9. The van der Waals surface area contributed by atoms with Gasteiger partial charge >= 0.3 is 0 Å². The Morgan fingerprint density at radius 1 is 1.06 bits per heavy atom. The van der Waals surface area contributed by atoms with Gasteiger partial charge in [0.25, 0.3) is 5.91 Å². The molecule has 0 spiro atoms. The van der Waals surface area contributed by atoms with Crippen LogP contribution in [-0.2, 0) is 9.59 Å². The summed E-state index contributed by atoms with van der Waals surface area (Å²) in [5, 5.41) is 10.8. The number of ketones is 1. The van der Waals surface area contributed by atoms with Gasteiger partial charge in [0.05, 0.1) is 18.2 Å². The van der Waals surface area contributed by atoms with Crippen molar-refractivity contribution < 1.29 is 19.4 Å². The van der Waals surface area contributed by atoms with Crippen molar-refractivity contribution in [3.05, 3.63) is 83.1 Å². The molecule has 6 heteroatoms. The van der Waals surface area contributed by atoms with E-state index in [1.54, 1.807) is 11.0 Å². The van der Waals surface area contributed by atoms with E-state index in [0.29, 0.717) is 13.2 Å². The number of aliphatic hydroxyl groups is 1. The topological polar surface area (TPSA) is 70.1 Å². The summed E-state index contributed by atoms with van der Waals surface area (Å²) in [5.74, 6) is -0.606. The van der Waals surface area contributed by atoms with Crippen molar-refractivity contribution >= 4 is 17.8 Å². The minimum absolute atomic E-state index is 0.114. The van der Waals surface area contributed by atoms with Crippen molar-refractivity contribution in [1.82, 2.24) is 9.80 Å². The summed E-state index contributed by atoms with van der Waals surface area (Å²) in [6.45, 7) is 4.03. The third-order valence-corrected chi connectivity index (χ3v) is 6.01. The Kier molecular flexibility index (Phi) is 9.67. The van der Waals surface area contributed by atoms with Crippen LogP contribution in [0.2, 0.25) is 0 Å². The molecule has 186 valence electrons. The van der Waals surface area contributed by atoms with Gasteiger partial charge in [-0.2, -0.15) is 0 Å². The molecule has 0 aromatic heterocycles. The SMILES string of the molecule is CCCCCOc1ccc(C2C(C(=O)/C=C/c3ccccc3)=C(O)C(=O)N2CCCN(C)C)cc1. The molecule has 1 heterocycles. The van der Waals surface area contributed by atoms with E-state index in [-0.39, 0.29) is 11.4 Å². The first-order valence-electron chi connectivity index (χ1n) is 12.3. The Labute approximate surface area is 208 Å². The molecule has 1 aliphatic heterocycles. The van der Waals surface area contributed by atoms with Gasteiger partial charge in [-0.1, -0.05) is 68.3 Å². The van der Waals surface area contributed by atoms with E-state index in [9.17, 15) is 14.7 Å². The zero-order chi connectivity index (χ0) is 25.2. The van der Waals surface area contributed by atoms with Crippen LogP contribution in [0.3, 0.4) is 0 Å². The molecular formula is C29H36N2O4. The number of nitrogens with zero attached hydrogens (tertiary/aromatic N) is 2. The highest BCUT2D eigenvalue weighted by Crippen LogP contribution is 2.38. The maximum Gasteiger partial charge on any atom is 0.290 e. The van der Waals surface area contributed by atoms with Gasteiger partial charge in [-0.15, -0.1) is 0 Å². The van der Waals surface area contributed by atoms with Crippen LogP contribution in [0.1, 0.15) is 49.8 Å². The average molecular weight is 477 g/mol. The van der Waals surface area contributed by atoms with Gasteiger partial charge in [0.1, 0.15) is 5.75 Å². The molecule has 6 nitrogen and oxygen atoms in total. The Hall–Kier alpha value is -3.38. The van der Waals surface area contributed by atoms with Crippen molar-refractivity contribution in [3.8, 4) is 5.75 Å². The first-order chi connectivity index (χ1) is 16.9. The second-order valence-electron chi connectivity index (χ2n) is 9.05. The molecule has 1 atom stereocenters. The van der Waals surface area contributed by atoms with E-state index in [0.717, 1.165) is 49.1 Å². The van der Waals surface area contributed by atoms with E-state index in [1.807, 2.05) is 73.6 Å². The number of carbonyl (C=O) groups excluding carboxylic acids is 2. The minimum atomic E-state index is -0.647. The number of rotatable bonds is 13. The summed E-state index contributed by atoms with van der Waals surface area (Å²) in [5.41, 5.74) is 1.75. The number of amides is 1. The number of aliphatic hydroxyl groups excluding tert-OH is 1. The zero-order valence-corrected chi connectivity index (χ0v) is 20.9. The largest absolute Gasteiger partial charge is 0.503 e. The highest BCUT2D eigenvalue weighted by atomic mass is 16.5. The molecule has 1 N–H and O–H groups in total. The summed E-state index contributed by atoms with van der Waals surface area (Å²) in [6, 6.07) is 16.3. The van der Waals surface area contributed by atoms with Gasteiger partial charge in [-0.3, -0.25) is 9.59 Å². The Balaban J connectivity index is 1.86. The van der Waals surface area contributed by atoms with Crippen molar-refractivity contribution in [3.63, 3.8) is 0 Å². The maximum atomic E-state index is 13.2. The lowest BCUT2D eigenvalue weighted by Crippen LogP contribution is -2.33. The molecule has 0 bridgehead atoms. The molecule has 0 saturated heterocycles. The molecule has 2 aromatic rings. The van der Waals surface area contributed by atoms with E-state index >= 15 is 0 Å². The lowest BCUT2D eigenvalue weighted by Gasteiger charge is -2.27. The number of carbonyl (C=O) groups is 2. The molecule has 0 saturated carbocycles. The molecule has 2 aromatic carbocycles. The highest BCUT2D eigenvalue weighted by Gasteiger charge is 2.42. The fourth-order valence-corrected chi connectivity index (χ4v) is 4.15. The first kappa shape index (κ1) is 26.2. The summed E-state index contributed by atoms with van der Waals surface area (Å²) >= 11 is 0. The van der Waals surface area contributed by atoms with Crippen LogP contribution in [-0.4, -0.2) is 60.4 Å². The van der Waals surface area contributed by atoms with Crippen molar-refractivity contribution in [2.24, 2.45) is 0 Å². The lowest BCUT2D eigenvalue weighted by molar-refractivity contribution is -0.129. The first-order valence-corrected chi connectivity index (χ1v) is 12.3. The van der Waals surface area contributed by atoms with Crippen molar-refractivity contribution in [2.75, 3.05) is 33.8 Å². The molecule has 1 unspecified atom stereocenters. The molecule has 35 heavy (non-hydrogen) atoms. The number of benzene rings is 2. The normalized spacial score (nSPS) is 16.1. The number of hydrogen-bond donors (Lipinski definition) is 1. The zero-order valence-electron chi connectivity index (χ0n) is 20.9. The molecule has 1 amide bonds. The number of allylic oxidation sites excluding steroid dienone is 1. The van der Waals surface area contributed by atoms with E-state index < -0.39 is 17.7 Å². The second-order valence-corrected chi connectivity index (χ2v) is 9.05. The Morgan fingerprint density at radius 2 is 1.77 bits per heavy atom. The van der Waals surface area contributed by atoms with Gasteiger partial charge < -0.3 is 19.6 Å². The van der Waals surface area contributed by atoms with Gasteiger partial charge in [0.2, 0.25) is 0 Å². The average Bonchev–Trinajstić information content (AvgIpc) is 3.11. The van der Waals surface area contributed by atoms with Gasteiger partial charge in [-0.05, 0) is 62.8 Å².